The van der Waals surface area contributed by atoms with E-state index in [1.165, 1.54) is 6.20 Å². The molecule has 16 heavy (non-hydrogen) atoms. The average molecular weight is 236 g/mol. The summed E-state index contributed by atoms with van der Waals surface area (Å²) in [6.07, 6.45) is 1.53. The summed E-state index contributed by atoms with van der Waals surface area (Å²) in [5, 5.41) is 0.519. The predicted octanol–water partition coefficient (Wildman–Crippen LogP) is 2.81. The second kappa shape index (κ2) is 4.37. The molecule has 2 rings (SSSR count). The molecule has 0 saturated heterocycles. The van der Waals surface area contributed by atoms with Gasteiger partial charge in [-0.05, 0) is 30.7 Å². The maximum absolute atomic E-state index is 6.01. The molecule has 1 aromatic carbocycles. The van der Waals surface area contributed by atoms with Crippen molar-refractivity contribution in [3.8, 4) is 11.8 Å². The number of halogens is 1. The summed E-state index contributed by atoms with van der Waals surface area (Å²) in [5.41, 5.74) is 6.57. The number of benzene rings is 1. The van der Waals surface area contributed by atoms with E-state index in [1.807, 2.05) is 19.1 Å². The van der Waals surface area contributed by atoms with Crippen LogP contribution in [0.5, 0.6) is 11.8 Å². The molecule has 0 bridgehead atoms. The van der Waals surface area contributed by atoms with Gasteiger partial charge in [-0.15, -0.1) is 0 Å². The molecule has 0 saturated carbocycles. The molecule has 0 amide bonds. The standard InChI is InChI=1S/C11H10ClN3O/c1-7-2-3-9(8(12)6-7)16-11-14-5-4-10(13)15-11/h2-6H,1H3,(H2,13,14,15). The number of nitrogens with two attached hydrogens (primary N) is 1. The van der Waals surface area contributed by atoms with Gasteiger partial charge in [0.1, 0.15) is 11.6 Å². The predicted molar refractivity (Wildman–Crippen MR) is 62.7 cm³/mol. The Kier molecular flexibility index (Phi) is 2.92. The number of rotatable bonds is 2. The number of aromatic nitrogens is 2. The number of hydrogen-bond donors (Lipinski definition) is 1. The summed E-state index contributed by atoms with van der Waals surface area (Å²) in [6.45, 7) is 1.95. The maximum Gasteiger partial charge on any atom is 0.323 e. The lowest BCUT2D eigenvalue weighted by molar-refractivity contribution is 0.443. The third kappa shape index (κ3) is 2.41. The lowest BCUT2D eigenvalue weighted by atomic mass is 10.2. The van der Waals surface area contributed by atoms with E-state index >= 15 is 0 Å². The van der Waals surface area contributed by atoms with Gasteiger partial charge >= 0.3 is 6.01 Å². The van der Waals surface area contributed by atoms with E-state index in [9.17, 15) is 0 Å². The van der Waals surface area contributed by atoms with E-state index in [-0.39, 0.29) is 6.01 Å². The molecule has 0 fully saturated rings. The van der Waals surface area contributed by atoms with Crippen molar-refractivity contribution in [3.05, 3.63) is 41.0 Å². The SMILES string of the molecule is Cc1ccc(Oc2nccc(N)n2)c(Cl)c1. The zero-order valence-corrected chi connectivity index (χ0v) is 9.40. The molecule has 0 aliphatic rings. The Morgan fingerprint density at radius 3 is 2.81 bits per heavy atom. The summed E-state index contributed by atoms with van der Waals surface area (Å²) in [7, 11) is 0. The normalized spacial score (nSPS) is 10.1. The van der Waals surface area contributed by atoms with Crippen LogP contribution in [0.3, 0.4) is 0 Å². The highest BCUT2D eigenvalue weighted by molar-refractivity contribution is 6.32. The summed E-state index contributed by atoms with van der Waals surface area (Å²) < 4.78 is 5.41. The molecular weight excluding hydrogens is 226 g/mol. The molecule has 2 N–H and O–H groups in total. The minimum absolute atomic E-state index is 0.186. The molecule has 0 aliphatic carbocycles. The Morgan fingerprint density at radius 2 is 2.12 bits per heavy atom. The summed E-state index contributed by atoms with van der Waals surface area (Å²) >= 11 is 6.01. The molecular formula is C11H10ClN3O. The van der Waals surface area contributed by atoms with E-state index < -0.39 is 0 Å². The van der Waals surface area contributed by atoms with Crippen LogP contribution >= 0.6 is 11.6 Å². The monoisotopic (exact) mass is 235 g/mol. The third-order valence-corrected chi connectivity index (χ3v) is 2.24. The molecule has 1 aromatic heterocycles. The lowest BCUT2D eigenvalue weighted by Gasteiger charge is -2.06. The van der Waals surface area contributed by atoms with Gasteiger partial charge in [0.25, 0.3) is 0 Å². The summed E-state index contributed by atoms with van der Waals surface area (Å²) in [5.74, 6) is 0.867. The number of anilines is 1. The Morgan fingerprint density at radius 1 is 1.31 bits per heavy atom. The van der Waals surface area contributed by atoms with Crippen molar-refractivity contribution >= 4 is 17.4 Å². The quantitative estimate of drug-likeness (QED) is 0.870. The summed E-state index contributed by atoms with van der Waals surface area (Å²) in [4.78, 5) is 7.84. The largest absolute Gasteiger partial charge is 0.423 e. The van der Waals surface area contributed by atoms with E-state index in [4.69, 9.17) is 22.1 Å². The van der Waals surface area contributed by atoms with E-state index in [0.717, 1.165) is 5.56 Å². The topological polar surface area (TPSA) is 61.0 Å². The molecule has 82 valence electrons. The Hall–Kier alpha value is -1.81. The smallest absolute Gasteiger partial charge is 0.323 e. The van der Waals surface area contributed by atoms with Gasteiger partial charge in [0.15, 0.2) is 0 Å². The van der Waals surface area contributed by atoms with Crippen molar-refractivity contribution in [2.24, 2.45) is 0 Å². The van der Waals surface area contributed by atoms with Crippen molar-refractivity contribution in [1.82, 2.24) is 9.97 Å². The number of nitrogen functional groups attached to an aromatic ring is 1. The zero-order valence-electron chi connectivity index (χ0n) is 8.64. The number of nitrogens with zero attached hydrogens (tertiary/aromatic N) is 2. The van der Waals surface area contributed by atoms with Crippen LogP contribution in [-0.2, 0) is 0 Å². The Bertz CT molecular complexity index is 516. The zero-order chi connectivity index (χ0) is 11.5. The third-order valence-electron chi connectivity index (χ3n) is 1.94. The van der Waals surface area contributed by atoms with Crippen LogP contribution in [0, 0.1) is 6.92 Å². The average Bonchev–Trinajstić information content (AvgIpc) is 2.22. The van der Waals surface area contributed by atoms with Crippen molar-refractivity contribution in [3.63, 3.8) is 0 Å². The van der Waals surface area contributed by atoms with Crippen LogP contribution in [0.15, 0.2) is 30.5 Å². The fourth-order valence-corrected chi connectivity index (χ4v) is 1.46. The first-order valence-corrected chi connectivity index (χ1v) is 5.05. The van der Waals surface area contributed by atoms with Crippen LogP contribution in [0.25, 0.3) is 0 Å². The molecule has 2 aromatic rings. The molecule has 1 heterocycles. The first kappa shape index (κ1) is 10.7. The van der Waals surface area contributed by atoms with Crippen molar-refractivity contribution in [2.75, 3.05) is 5.73 Å². The van der Waals surface area contributed by atoms with Gasteiger partial charge in [0.2, 0.25) is 0 Å². The van der Waals surface area contributed by atoms with Gasteiger partial charge in [-0.3, -0.25) is 0 Å². The van der Waals surface area contributed by atoms with Gasteiger partial charge in [0, 0.05) is 6.20 Å². The van der Waals surface area contributed by atoms with Gasteiger partial charge in [-0.1, -0.05) is 17.7 Å². The molecule has 5 heteroatoms. The summed E-state index contributed by atoms with van der Waals surface area (Å²) in [6, 6.07) is 7.25. The van der Waals surface area contributed by atoms with Gasteiger partial charge in [-0.2, -0.15) is 4.98 Å². The lowest BCUT2D eigenvalue weighted by Crippen LogP contribution is -1.96. The second-order valence-corrected chi connectivity index (χ2v) is 3.71. The minimum Gasteiger partial charge on any atom is -0.423 e. The number of aryl methyl sites for hydroxylation is 1. The van der Waals surface area contributed by atoms with Crippen LogP contribution in [-0.4, -0.2) is 9.97 Å². The Labute approximate surface area is 98.0 Å². The second-order valence-electron chi connectivity index (χ2n) is 3.30. The van der Waals surface area contributed by atoms with Crippen LogP contribution in [0.4, 0.5) is 5.82 Å². The van der Waals surface area contributed by atoms with Crippen LogP contribution in [0.2, 0.25) is 5.02 Å². The maximum atomic E-state index is 6.01. The molecule has 0 unspecified atom stereocenters. The van der Waals surface area contributed by atoms with E-state index in [2.05, 4.69) is 9.97 Å². The van der Waals surface area contributed by atoms with Gasteiger partial charge in [-0.25, -0.2) is 4.98 Å². The molecule has 0 radical (unpaired) electrons. The van der Waals surface area contributed by atoms with Crippen molar-refractivity contribution in [1.29, 1.82) is 0 Å². The van der Waals surface area contributed by atoms with Crippen molar-refractivity contribution in [2.45, 2.75) is 6.92 Å². The fourth-order valence-electron chi connectivity index (χ4n) is 1.19. The first-order valence-electron chi connectivity index (χ1n) is 4.67. The fraction of sp³-hybridized carbons (Fsp3) is 0.0909. The van der Waals surface area contributed by atoms with E-state index in [0.29, 0.717) is 16.6 Å². The highest BCUT2D eigenvalue weighted by Crippen LogP contribution is 2.28. The van der Waals surface area contributed by atoms with Gasteiger partial charge in [0.05, 0.1) is 5.02 Å². The molecule has 0 spiro atoms. The number of hydrogen-bond acceptors (Lipinski definition) is 4. The molecule has 4 nitrogen and oxygen atoms in total. The van der Waals surface area contributed by atoms with E-state index in [1.54, 1.807) is 12.1 Å². The van der Waals surface area contributed by atoms with Gasteiger partial charge < -0.3 is 10.5 Å². The minimum atomic E-state index is 0.186. The number of ether oxygens (including phenoxy) is 1. The first-order chi connectivity index (χ1) is 7.65. The molecule has 0 atom stereocenters. The highest BCUT2D eigenvalue weighted by atomic mass is 35.5. The van der Waals surface area contributed by atoms with Crippen LogP contribution < -0.4 is 10.5 Å². The highest BCUT2D eigenvalue weighted by Gasteiger charge is 2.05. The Balaban J connectivity index is 2.27. The van der Waals surface area contributed by atoms with Crippen molar-refractivity contribution < 1.29 is 4.74 Å². The molecule has 0 aliphatic heterocycles. The van der Waals surface area contributed by atoms with Crippen LogP contribution in [0.1, 0.15) is 5.56 Å².